The van der Waals surface area contributed by atoms with Crippen LogP contribution in [0, 0.1) is 6.92 Å². The molecule has 3 amide bonds. The molecule has 0 saturated carbocycles. The van der Waals surface area contributed by atoms with Crippen molar-refractivity contribution in [2.75, 3.05) is 12.3 Å². The Bertz CT molecular complexity index is 809. The first kappa shape index (κ1) is 18.0. The standard InChI is InChI=1S/C19H19N3O3S/c1-13-7-9-15(10-8-13)19-22(17(24)12-26-19)21-16(23)11-20-18(25)14-5-3-2-4-6-14/h2-10,19H,11-12H2,1H3,(H,20,25)(H,21,23). The van der Waals surface area contributed by atoms with E-state index in [-0.39, 0.29) is 23.7 Å². The average Bonchev–Trinajstić information content (AvgIpc) is 3.01. The van der Waals surface area contributed by atoms with E-state index in [0.717, 1.165) is 11.1 Å². The van der Waals surface area contributed by atoms with E-state index in [1.165, 1.54) is 16.8 Å². The molecule has 0 aliphatic carbocycles. The van der Waals surface area contributed by atoms with E-state index in [2.05, 4.69) is 10.7 Å². The van der Waals surface area contributed by atoms with Gasteiger partial charge in [0, 0.05) is 5.56 Å². The van der Waals surface area contributed by atoms with Crippen LogP contribution in [0.4, 0.5) is 0 Å². The molecular weight excluding hydrogens is 350 g/mol. The molecule has 1 aliphatic heterocycles. The Kier molecular flexibility index (Phi) is 5.58. The van der Waals surface area contributed by atoms with Crippen molar-refractivity contribution in [1.29, 1.82) is 0 Å². The van der Waals surface area contributed by atoms with Gasteiger partial charge in [-0.1, -0.05) is 48.0 Å². The van der Waals surface area contributed by atoms with E-state index in [0.29, 0.717) is 11.3 Å². The Morgan fingerprint density at radius 2 is 1.81 bits per heavy atom. The highest BCUT2D eigenvalue weighted by atomic mass is 32.2. The maximum atomic E-state index is 12.2. The monoisotopic (exact) mass is 369 g/mol. The van der Waals surface area contributed by atoms with Gasteiger partial charge >= 0.3 is 0 Å². The van der Waals surface area contributed by atoms with Crippen LogP contribution in [-0.2, 0) is 9.59 Å². The minimum Gasteiger partial charge on any atom is -0.343 e. The number of carbonyl (C=O) groups excluding carboxylic acids is 3. The van der Waals surface area contributed by atoms with Gasteiger partial charge in [0.1, 0.15) is 5.37 Å². The molecule has 0 bridgehead atoms. The number of carbonyl (C=O) groups is 3. The van der Waals surface area contributed by atoms with Gasteiger partial charge in [0.25, 0.3) is 17.7 Å². The van der Waals surface area contributed by atoms with Crippen LogP contribution in [0.15, 0.2) is 54.6 Å². The van der Waals surface area contributed by atoms with Crippen LogP contribution in [0.2, 0.25) is 0 Å². The lowest BCUT2D eigenvalue weighted by molar-refractivity contribution is -0.138. The van der Waals surface area contributed by atoms with Crippen LogP contribution in [0.5, 0.6) is 0 Å². The maximum Gasteiger partial charge on any atom is 0.258 e. The summed E-state index contributed by atoms with van der Waals surface area (Å²) in [5.41, 5.74) is 5.16. The molecule has 0 spiro atoms. The molecule has 6 nitrogen and oxygen atoms in total. The molecule has 3 rings (SSSR count). The molecule has 1 heterocycles. The summed E-state index contributed by atoms with van der Waals surface area (Å²) < 4.78 is 0. The third-order valence-electron chi connectivity index (χ3n) is 3.92. The van der Waals surface area contributed by atoms with Crippen LogP contribution >= 0.6 is 11.8 Å². The van der Waals surface area contributed by atoms with Crippen LogP contribution in [-0.4, -0.2) is 35.0 Å². The maximum absolute atomic E-state index is 12.2. The number of hydrogen-bond acceptors (Lipinski definition) is 4. The fraction of sp³-hybridized carbons (Fsp3) is 0.211. The highest BCUT2D eigenvalue weighted by Gasteiger charge is 2.34. The molecule has 0 radical (unpaired) electrons. The van der Waals surface area contributed by atoms with Crippen LogP contribution in [0.3, 0.4) is 0 Å². The summed E-state index contributed by atoms with van der Waals surface area (Å²) in [4.78, 5) is 36.3. The molecule has 2 N–H and O–H groups in total. The van der Waals surface area contributed by atoms with Crippen molar-refractivity contribution < 1.29 is 14.4 Å². The van der Waals surface area contributed by atoms with Crippen molar-refractivity contribution in [2.24, 2.45) is 0 Å². The first-order valence-corrected chi connectivity index (χ1v) is 9.22. The van der Waals surface area contributed by atoms with Gasteiger partial charge in [-0.15, -0.1) is 11.8 Å². The van der Waals surface area contributed by atoms with Crippen molar-refractivity contribution in [3.63, 3.8) is 0 Å². The van der Waals surface area contributed by atoms with E-state index in [1.54, 1.807) is 24.3 Å². The number of hydrogen-bond donors (Lipinski definition) is 2. The minimum atomic E-state index is -0.442. The molecule has 1 unspecified atom stereocenters. The number of nitrogens with one attached hydrogen (secondary N) is 2. The lowest BCUT2D eigenvalue weighted by atomic mass is 10.1. The topological polar surface area (TPSA) is 78.5 Å². The van der Waals surface area contributed by atoms with Crippen molar-refractivity contribution in [2.45, 2.75) is 12.3 Å². The highest BCUT2D eigenvalue weighted by Crippen LogP contribution is 2.37. The number of thioether (sulfide) groups is 1. The smallest absolute Gasteiger partial charge is 0.258 e. The summed E-state index contributed by atoms with van der Waals surface area (Å²) in [7, 11) is 0. The van der Waals surface area contributed by atoms with Gasteiger partial charge in [-0.3, -0.25) is 19.8 Å². The molecule has 1 saturated heterocycles. The second-order valence-electron chi connectivity index (χ2n) is 5.92. The number of hydrazine groups is 1. The normalized spacial score (nSPS) is 16.4. The number of rotatable bonds is 5. The van der Waals surface area contributed by atoms with E-state index in [9.17, 15) is 14.4 Å². The van der Waals surface area contributed by atoms with Crippen LogP contribution in [0.25, 0.3) is 0 Å². The zero-order valence-electron chi connectivity index (χ0n) is 14.3. The van der Waals surface area contributed by atoms with Crippen molar-refractivity contribution in [3.05, 3.63) is 71.3 Å². The fourth-order valence-corrected chi connectivity index (χ4v) is 3.66. The zero-order chi connectivity index (χ0) is 18.5. The molecule has 1 atom stereocenters. The van der Waals surface area contributed by atoms with Crippen molar-refractivity contribution in [3.8, 4) is 0 Å². The quantitative estimate of drug-likeness (QED) is 0.845. The van der Waals surface area contributed by atoms with Crippen LogP contribution in [0.1, 0.15) is 26.9 Å². The third kappa shape index (κ3) is 4.23. The molecule has 2 aromatic carbocycles. The minimum absolute atomic E-state index is 0.164. The van der Waals surface area contributed by atoms with Gasteiger partial charge < -0.3 is 5.32 Å². The van der Waals surface area contributed by atoms with Gasteiger partial charge in [0.15, 0.2) is 0 Å². The van der Waals surface area contributed by atoms with Gasteiger partial charge in [0.05, 0.1) is 12.3 Å². The Morgan fingerprint density at radius 1 is 1.12 bits per heavy atom. The highest BCUT2D eigenvalue weighted by molar-refractivity contribution is 8.00. The molecule has 1 aliphatic rings. The van der Waals surface area contributed by atoms with Gasteiger partial charge in [0.2, 0.25) is 0 Å². The SMILES string of the molecule is Cc1ccc(C2SCC(=O)N2NC(=O)CNC(=O)c2ccccc2)cc1. The van der Waals surface area contributed by atoms with Gasteiger partial charge in [-0.2, -0.15) is 0 Å². The molecule has 134 valence electrons. The molecular formula is C19H19N3O3S. The van der Waals surface area contributed by atoms with Gasteiger partial charge in [-0.05, 0) is 24.6 Å². The Balaban J connectivity index is 1.59. The second kappa shape index (κ2) is 8.05. The predicted octanol–water partition coefficient (Wildman–Crippen LogP) is 2.03. The molecule has 1 fully saturated rings. The number of benzene rings is 2. The van der Waals surface area contributed by atoms with E-state index in [4.69, 9.17) is 0 Å². The van der Waals surface area contributed by atoms with Crippen molar-refractivity contribution in [1.82, 2.24) is 15.8 Å². The van der Waals surface area contributed by atoms with Gasteiger partial charge in [-0.25, -0.2) is 5.01 Å². The summed E-state index contributed by atoms with van der Waals surface area (Å²) in [5.74, 6) is -0.640. The Morgan fingerprint density at radius 3 is 2.50 bits per heavy atom. The zero-order valence-corrected chi connectivity index (χ0v) is 15.1. The summed E-state index contributed by atoms with van der Waals surface area (Å²) >= 11 is 1.46. The average molecular weight is 369 g/mol. The number of aryl methyl sites for hydroxylation is 1. The predicted molar refractivity (Wildman–Crippen MR) is 100 cm³/mol. The third-order valence-corrected chi connectivity index (χ3v) is 5.13. The summed E-state index contributed by atoms with van der Waals surface area (Å²) in [6, 6.07) is 16.5. The Hall–Kier alpha value is -2.80. The molecule has 2 aromatic rings. The number of amides is 3. The van der Waals surface area contributed by atoms with Crippen molar-refractivity contribution >= 4 is 29.5 Å². The lowest BCUT2D eigenvalue weighted by Gasteiger charge is -2.24. The molecule has 7 heteroatoms. The second-order valence-corrected chi connectivity index (χ2v) is 6.99. The first-order chi connectivity index (χ1) is 12.5. The van der Waals surface area contributed by atoms with Crippen LogP contribution < -0.4 is 10.7 Å². The van der Waals surface area contributed by atoms with E-state index >= 15 is 0 Å². The Labute approximate surface area is 155 Å². The summed E-state index contributed by atoms with van der Waals surface area (Å²) in [6.07, 6.45) is 0. The van der Waals surface area contributed by atoms with E-state index < -0.39 is 5.91 Å². The summed E-state index contributed by atoms with van der Waals surface area (Å²) in [6.45, 7) is 1.79. The molecule has 0 aromatic heterocycles. The molecule has 26 heavy (non-hydrogen) atoms. The first-order valence-electron chi connectivity index (χ1n) is 8.17. The lowest BCUT2D eigenvalue weighted by Crippen LogP contribution is -2.48. The number of nitrogens with zero attached hydrogens (tertiary/aromatic N) is 1. The fourth-order valence-electron chi connectivity index (χ4n) is 2.55. The largest absolute Gasteiger partial charge is 0.343 e. The summed E-state index contributed by atoms with van der Waals surface area (Å²) in [5, 5.41) is 3.63. The van der Waals surface area contributed by atoms with E-state index in [1.807, 2.05) is 37.3 Å².